The van der Waals surface area contributed by atoms with E-state index in [0.717, 1.165) is 18.5 Å². The molecule has 1 fully saturated rings. The first-order valence-electron chi connectivity index (χ1n) is 8.83. The van der Waals surface area contributed by atoms with Gasteiger partial charge in [-0.15, -0.1) is 11.3 Å². The molecule has 0 unspecified atom stereocenters. The molecule has 0 saturated carbocycles. The normalized spacial score (nSPS) is 14.7. The van der Waals surface area contributed by atoms with E-state index in [2.05, 4.69) is 27.1 Å². The SMILES string of the molecule is NC(=NCc1ccc(C(=O)N2CCNC(=O)C2)cc1)NCCc1cccs1. The summed E-state index contributed by atoms with van der Waals surface area (Å²) in [5.41, 5.74) is 7.43. The third-order valence-corrected chi connectivity index (χ3v) is 5.15. The molecule has 0 bridgehead atoms. The van der Waals surface area contributed by atoms with Crippen LogP contribution >= 0.6 is 11.3 Å². The molecule has 0 spiro atoms. The first-order valence-corrected chi connectivity index (χ1v) is 9.71. The van der Waals surface area contributed by atoms with Gasteiger partial charge in [-0.1, -0.05) is 18.2 Å². The zero-order chi connectivity index (χ0) is 19.1. The van der Waals surface area contributed by atoms with E-state index in [0.29, 0.717) is 31.2 Å². The molecule has 1 aliphatic heterocycles. The van der Waals surface area contributed by atoms with Crippen LogP contribution in [0.15, 0.2) is 46.8 Å². The van der Waals surface area contributed by atoms with Crippen molar-refractivity contribution in [2.75, 3.05) is 26.2 Å². The van der Waals surface area contributed by atoms with Gasteiger partial charge in [0.1, 0.15) is 0 Å². The number of aliphatic imine (C=N–C) groups is 1. The van der Waals surface area contributed by atoms with Crippen LogP contribution in [-0.4, -0.2) is 48.9 Å². The maximum atomic E-state index is 12.4. The lowest BCUT2D eigenvalue weighted by atomic mass is 10.1. The fraction of sp³-hybridized carbons (Fsp3) is 0.316. The molecule has 2 amide bonds. The van der Waals surface area contributed by atoms with Crippen LogP contribution in [0.2, 0.25) is 0 Å². The van der Waals surface area contributed by atoms with Crippen LogP contribution in [0.5, 0.6) is 0 Å². The van der Waals surface area contributed by atoms with Gasteiger partial charge in [0, 0.05) is 30.1 Å². The Morgan fingerprint density at radius 2 is 2.11 bits per heavy atom. The molecule has 3 rings (SSSR count). The fourth-order valence-corrected chi connectivity index (χ4v) is 3.46. The highest BCUT2D eigenvalue weighted by atomic mass is 32.1. The smallest absolute Gasteiger partial charge is 0.254 e. The summed E-state index contributed by atoms with van der Waals surface area (Å²) in [6.45, 7) is 2.32. The van der Waals surface area contributed by atoms with Crippen LogP contribution in [0, 0.1) is 0 Å². The molecule has 2 aromatic rings. The molecule has 1 saturated heterocycles. The van der Waals surface area contributed by atoms with Crippen LogP contribution in [0.1, 0.15) is 20.8 Å². The zero-order valence-electron chi connectivity index (χ0n) is 15.0. The maximum absolute atomic E-state index is 12.4. The van der Waals surface area contributed by atoms with Gasteiger partial charge in [-0.25, -0.2) is 4.99 Å². The summed E-state index contributed by atoms with van der Waals surface area (Å²) in [7, 11) is 0. The van der Waals surface area contributed by atoms with Gasteiger partial charge in [0.2, 0.25) is 5.91 Å². The van der Waals surface area contributed by atoms with Crippen molar-refractivity contribution in [3.8, 4) is 0 Å². The number of rotatable bonds is 6. The number of guanidine groups is 1. The number of hydrogen-bond acceptors (Lipinski definition) is 4. The highest BCUT2D eigenvalue weighted by Crippen LogP contribution is 2.10. The molecule has 1 aliphatic rings. The third-order valence-electron chi connectivity index (χ3n) is 4.22. The lowest BCUT2D eigenvalue weighted by Crippen LogP contribution is -2.49. The molecular formula is C19H23N5O2S. The van der Waals surface area contributed by atoms with Crippen molar-refractivity contribution in [1.29, 1.82) is 0 Å². The third kappa shape index (κ3) is 5.55. The number of piperazine rings is 1. The summed E-state index contributed by atoms with van der Waals surface area (Å²) in [6, 6.07) is 11.4. The molecule has 0 atom stereocenters. The van der Waals surface area contributed by atoms with Gasteiger partial charge in [-0.3, -0.25) is 9.59 Å². The molecule has 2 heterocycles. The summed E-state index contributed by atoms with van der Waals surface area (Å²) in [6.07, 6.45) is 0.916. The van der Waals surface area contributed by atoms with E-state index < -0.39 is 0 Å². The van der Waals surface area contributed by atoms with E-state index in [-0.39, 0.29) is 18.4 Å². The average molecular weight is 385 g/mol. The second-order valence-corrected chi connectivity index (χ2v) is 7.26. The molecule has 1 aromatic carbocycles. The first-order chi connectivity index (χ1) is 13.1. The van der Waals surface area contributed by atoms with Crippen molar-refractivity contribution < 1.29 is 9.59 Å². The van der Waals surface area contributed by atoms with Crippen LogP contribution in [-0.2, 0) is 17.8 Å². The van der Waals surface area contributed by atoms with E-state index >= 15 is 0 Å². The minimum atomic E-state index is -0.130. The zero-order valence-corrected chi connectivity index (χ0v) is 15.8. The number of thiophene rings is 1. The van der Waals surface area contributed by atoms with Crippen LogP contribution in [0.4, 0.5) is 0 Å². The number of carbonyl (C=O) groups excluding carboxylic acids is 2. The standard InChI is InChI=1S/C19H23N5O2S/c20-19(22-8-7-16-2-1-11-27-16)23-12-14-3-5-15(6-4-14)18(26)24-10-9-21-17(25)13-24/h1-6,11H,7-10,12-13H2,(H,21,25)(H3,20,22,23). The minimum Gasteiger partial charge on any atom is -0.370 e. The van der Waals surface area contributed by atoms with Crippen LogP contribution in [0.25, 0.3) is 0 Å². The Balaban J connectivity index is 1.48. The maximum Gasteiger partial charge on any atom is 0.254 e. The Bertz CT molecular complexity index is 802. The summed E-state index contributed by atoms with van der Waals surface area (Å²) in [5, 5.41) is 7.87. The Morgan fingerprint density at radius 3 is 2.81 bits per heavy atom. The Morgan fingerprint density at radius 1 is 1.30 bits per heavy atom. The molecule has 27 heavy (non-hydrogen) atoms. The second kappa shape index (κ2) is 9.18. The number of hydrogen-bond donors (Lipinski definition) is 3. The highest BCUT2D eigenvalue weighted by Gasteiger charge is 2.21. The van der Waals surface area contributed by atoms with E-state index in [1.807, 2.05) is 18.2 Å². The van der Waals surface area contributed by atoms with Crippen LogP contribution in [0.3, 0.4) is 0 Å². The molecule has 4 N–H and O–H groups in total. The minimum absolute atomic E-state index is 0.110. The first kappa shape index (κ1) is 18.9. The summed E-state index contributed by atoms with van der Waals surface area (Å²) >= 11 is 1.72. The summed E-state index contributed by atoms with van der Waals surface area (Å²) in [4.78, 5) is 31.0. The summed E-state index contributed by atoms with van der Waals surface area (Å²) < 4.78 is 0. The molecule has 0 radical (unpaired) electrons. The van der Waals surface area contributed by atoms with E-state index in [4.69, 9.17) is 5.73 Å². The number of amides is 2. The van der Waals surface area contributed by atoms with Gasteiger partial charge >= 0.3 is 0 Å². The van der Waals surface area contributed by atoms with Gasteiger partial charge in [0.15, 0.2) is 5.96 Å². The fourth-order valence-electron chi connectivity index (χ4n) is 2.75. The molecule has 0 aliphatic carbocycles. The van der Waals surface area contributed by atoms with E-state index in [1.165, 1.54) is 4.88 Å². The van der Waals surface area contributed by atoms with Crippen molar-refractivity contribution >= 4 is 29.1 Å². The quantitative estimate of drug-likeness (QED) is 0.509. The Kier molecular flexibility index (Phi) is 6.43. The number of nitrogens with one attached hydrogen (secondary N) is 2. The largest absolute Gasteiger partial charge is 0.370 e. The predicted octanol–water partition coefficient (Wildman–Crippen LogP) is 0.967. The molecular weight excluding hydrogens is 362 g/mol. The second-order valence-electron chi connectivity index (χ2n) is 6.23. The van der Waals surface area contributed by atoms with E-state index in [1.54, 1.807) is 28.4 Å². The van der Waals surface area contributed by atoms with Crippen molar-refractivity contribution in [1.82, 2.24) is 15.5 Å². The Hall–Kier alpha value is -2.87. The van der Waals surface area contributed by atoms with Crippen molar-refractivity contribution in [3.63, 3.8) is 0 Å². The van der Waals surface area contributed by atoms with Crippen molar-refractivity contribution in [2.24, 2.45) is 10.7 Å². The molecule has 8 heteroatoms. The number of nitrogens with zero attached hydrogens (tertiary/aromatic N) is 2. The molecule has 7 nitrogen and oxygen atoms in total. The van der Waals surface area contributed by atoms with Gasteiger partial charge in [-0.2, -0.15) is 0 Å². The molecule has 142 valence electrons. The summed E-state index contributed by atoms with van der Waals surface area (Å²) in [5.74, 6) is 0.156. The van der Waals surface area contributed by atoms with Gasteiger partial charge in [0.25, 0.3) is 5.91 Å². The van der Waals surface area contributed by atoms with Gasteiger partial charge < -0.3 is 21.3 Å². The average Bonchev–Trinajstić information content (AvgIpc) is 3.20. The molecule has 1 aromatic heterocycles. The lowest BCUT2D eigenvalue weighted by molar-refractivity contribution is -0.123. The topological polar surface area (TPSA) is 99.8 Å². The van der Waals surface area contributed by atoms with Gasteiger partial charge in [-0.05, 0) is 35.6 Å². The van der Waals surface area contributed by atoms with Crippen molar-refractivity contribution in [2.45, 2.75) is 13.0 Å². The van der Waals surface area contributed by atoms with Crippen molar-refractivity contribution in [3.05, 3.63) is 57.8 Å². The number of nitrogens with two attached hydrogens (primary N) is 1. The number of benzene rings is 1. The van der Waals surface area contributed by atoms with E-state index in [9.17, 15) is 9.59 Å². The predicted molar refractivity (Wildman–Crippen MR) is 107 cm³/mol. The highest BCUT2D eigenvalue weighted by molar-refractivity contribution is 7.09. The number of carbonyl (C=O) groups is 2. The van der Waals surface area contributed by atoms with Gasteiger partial charge in [0.05, 0.1) is 13.1 Å². The lowest BCUT2D eigenvalue weighted by Gasteiger charge is -2.26. The Labute approximate surface area is 162 Å². The monoisotopic (exact) mass is 385 g/mol. The van der Waals surface area contributed by atoms with Crippen LogP contribution < -0.4 is 16.4 Å².